The zero-order chi connectivity index (χ0) is 16.7. The third-order valence-corrected chi connectivity index (χ3v) is 5.62. The van der Waals surface area contributed by atoms with Crippen LogP contribution in [0, 0.1) is 18.8 Å². The zero-order valence-corrected chi connectivity index (χ0v) is 14.2. The maximum absolute atomic E-state index is 12.8. The second kappa shape index (κ2) is 6.02. The lowest BCUT2D eigenvalue weighted by molar-refractivity contribution is 0.0767. The molecule has 0 radical (unpaired) electrons. The van der Waals surface area contributed by atoms with Gasteiger partial charge in [-0.15, -0.1) is 0 Å². The van der Waals surface area contributed by atoms with E-state index in [1.165, 1.54) is 11.1 Å². The van der Waals surface area contributed by atoms with Gasteiger partial charge in [-0.2, -0.15) is 0 Å². The first kappa shape index (κ1) is 15.3. The number of aryl methyl sites for hydroxylation is 1. The Morgan fingerprint density at radius 3 is 2.58 bits per heavy atom. The van der Waals surface area contributed by atoms with Crippen LogP contribution in [0.5, 0.6) is 0 Å². The van der Waals surface area contributed by atoms with Crippen LogP contribution in [-0.2, 0) is 0 Å². The number of rotatable bonds is 2. The number of carbonyl (C=O) groups is 1. The average Bonchev–Trinajstić information content (AvgIpc) is 3.12. The molecule has 0 N–H and O–H groups in total. The first-order valence-electron chi connectivity index (χ1n) is 8.60. The molecule has 2 aliphatic rings. The van der Waals surface area contributed by atoms with E-state index in [4.69, 9.17) is 0 Å². The van der Waals surface area contributed by atoms with Crippen LogP contribution in [0.15, 0.2) is 48.8 Å². The monoisotopic (exact) mass is 321 g/mol. The molecule has 0 spiro atoms. The number of amides is 1. The molecule has 4 heteroatoms. The number of hydrogen-bond acceptors (Lipinski definition) is 3. The summed E-state index contributed by atoms with van der Waals surface area (Å²) in [5.41, 5.74) is 3.49. The number of aromatic nitrogens is 1. The van der Waals surface area contributed by atoms with Gasteiger partial charge in [0.1, 0.15) is 0 Å². The summed E-state index contributed by atoms with van der Waals surface area (Å²) in [4.78, 5) is 21.3. The molecule has 2 aromatic rings. The summed E-state index contributed by atoms with van der Waals surface area (Å²) < 4.78 is 0. The van der Waals surface area contributed by atoms with Crippen LogP contribution in [0.2, 0.25) is 0 Å². The van der Waals surface area contributed by atoms with Crippen LogP contribution in [0.25, 0.3) is 0 Å². The Morgan fingerprint density at radius 1 is 1.08 bits per heavy atom. The van der Waals surface area contributed by atoms with Gasteiger partial charge in [-0.1, -0.05) is 24.3 Å². The van der Waals surface area contributed by atoms with Gasteiger partial charge in [0, 0.05) is 49.6 Å². The van der Waals surface area contributed by atoms with Crippen LogP contribution in [-0.4, -0.2) is 47.4 Å². The fraction of sp³-hybridized carbons (Fsp3) is 0.400. The molecule has 0 saturated carbocycles. The fourth-order valence-corrected chi connectivity index (χ4v) is 4.49. The number of fused-ring (bicyclic) bond motifs is 1. The summed E-state index contributed by atoms with van der Waals surface area (Å²) in [5, 5.41) is 0. The second-order valence-electron chi connectivity index (χ2n) is 7.11. The van der Waals surface area contributed by atoms with Crippen LogP contribution < -0.4 is 0 Å². The van der Waals surface area contributed by atoms with Gasteiger partial charge >= 0.3 is 0 Å². The molecule has 0 unspecified atom stereocenters. The predicted octanol–water partition coefficient (Wildman–Crippen LogP) is 2.76. The molecule has 4 nitrogen and oxygen atoms in total. The summed E-state index contributed by atoms with van der Waals surface area (Å²) in [6.07, 6.45) is 3.38. The third kappa shape index (κ3) is 2.51. The molecular formula is C20H23N3O. The number of benzene rings is 1. The van der Waals surface area contributed by atoms with Crippen LogP contribution in [0.1, 0.15) is 27.5 Å². The Labute approximate surface area is 143 Å². The van der Waals surface area contributed by atoms with Crippen LogP contribution in [0.3, 0.4) is 0 Å². The van der Waals surface area contributed by atoms with Gasteiger partial charge in [-0.05, 0) is 43.1 Å². The van der Waals surface area contributed by atoms with Crippen molar-refractivity contribution in [2.24, 2.45) is 11.8 Å². The number of carbonyl (C=O) groups excluding carboxylic acids is 1. The highest BCUT2D eigenvalue weighted by atomic mass is 16.2. The van der Waals surface area contributed by atoms with E-state index in [-0.39, 0.29) is 5.91 Å². The van der Waals surface area contributed by atoms with E-state index < -0.39 is 0 Å². The van der Waals surface area contributed by atoms with Gasteiger partial charge < -0.3 is 4.90 Å². The maximum atomic E-state index is 12.8. The van der Waals surface area contributed by atoms with Crippen molar-refractivity contribution in [3.05, 3.63) is 65.5 Å². The lowest BCUT2D eigenvalue weighted by Crippen LogP contribution is -2.33. The summed E-state index contributed by atoms with van der Waals surface area (Å²) in [6.45, 7) is 4.95. The van der Waals surface area contributed by atoms with Gasteiger partial charge in [-0.25, -0.2) is 0 Å². The summed E-state index contributed by atoms with van der Waals surface area (Å²) >= 11 is 0. The van der Waals surface area contributed by atoms with E-state index in [9.17, 15) is 4.79 Å². The fourth-order valence-electron chi connectivity index (χ4n) is 4.49. The van der Waals surface area contributed by atoms with Gasteiger partial charge in [0.2, 0.25) is 0 Å². The number of nitrogens with zero attached hydrogens (tertiary/aromatic N) is 3. The Bertz CT molecular complexity index is 746. The topological polar surface area (TPSA) is 36.4 Å². The highest BCUT2D eigenvalue weighted by molar-refractivity contribution is 5.94. The largest absolute Gasteiger partial charge is 0.338 e. The molecule has 1 aromatic carbocycles. The highest BCUT2D eigenvalue weighted by Crippen LogP contribution is 2.45. The van der Waals surface area contributed by atoms with E-state index in [2.05, 4.69) is 48.1 Å². The molecule has 124 valence electrons. The molecule has 0 aliphatic carbocycles. The summed E-state index contributed by atoms with van der Waals surface area (Å²) in [7, 11) is 2.21. The maximum Gasteiger partial charge on any atom is 0.253 e. The Hall–Kier alpha value is -2.20. The van der Waals surface area contributed by atoms with Crippen molar-refractivity contribution < 1.29 is 4.79 Å². The molecule has 1 amide bonds. The van der Waals surface area contributed by atoms with E-state index in [0.29, 0.717) is 17.9 Å². The van der Waals surface area contributed by atoms with E-state index in [1.807, 2.05) is 4.90 Å². The Kier molecular flexibility index (Phi) is 3.85. The van der Waals surface area contributed by atoms with Gasteiger partial charge in [0.15, 0.2) is 0 Å². The van der Waals surface area contributed by atoms with Crippen molar-refractivity contribution in [3.63, 3.8) is 0 Å². The van der Waals surface area contributed by atoms with Crippen LogP contribution in [0.4, 0.5) is 0 Å². The van der Waals surface area contributed by atoms with Crippen molar-refractivity contribution in [3.8, 4) is 0 Å². The van der Waals surface area contributed by atoms with Gasteiger partial charge in [0.25, 0.3) is 5.91 Å². The first-order chi connectivity index (χ1) is 11.6. The van der Waals surface area contributed by atoms with Gasteiger partial charge in [-0.3, -0.25) is 14.7 Å². The van der Waals surface area contributed by atoms with Gasteiger partial charge in [0.05, 0.1) is 0 Å². The van der Waals surface area contributed by atoms with Crippen molar-refractivity contribution >= 4 is 5.91 Å². The van der Waals surface area contributed by atoms with Crippen molar-refractivity contribution in [1.82, 2.24) is 14.8 Å². The lowest BCUT2D eigenvalue weighted by Gasteiger charge is -2.28. The standard InChI is InChI=1S/C20H23N3O/c1-14-5-3-4-6-17(14)19-18-13-23(12-16(18)11-22(19)2)20(24)15-7-9-21-10-8-15/h3-10,16,18-19H,11-13H2,1-2H3/t16-,18+,19-/m0/s1. The number of hydrogen-bond donors (Lipinski definition) is 0. The first-order valence-corrected chi connectivity index (χ1v) is 8.60. The zero-order valence-electron chi connectivity index (χ0n) is 14.2. The average molecular weight is 321 g/mol. The minimum absolute atomic E-state index is 0.137. The van der Waals surface area contributed by atoms with E-state index >= 15 is 0 Å². The molecule has 4 rings (SSSR count). The minimum Gasteiger partial charge on any atom is -0.338 e. The van der Waals surface area contributed by atoms with Crippen LogP contribution >= 0.6 is 0 Å². The lowest BCUT2D eigenvalue weighted by atomic mass is 9.88. The molecular weight excluding hydrogens is 298 g/mol. The predicted molar refractivity (Wildman–Crippen MR) is 93.7 cm³/mol. The SMILES string of the molecule is Cc1ccccc1[C@H]1[C@@H]2CN(C(=O)c3ccncc3)C[C@@H]2CN1C. The quantitative estimate of drug-likeness (QED) is 0.853. The Balaban J connectivity index is 1.57. The molecule has 24 heavy (non-hydrogen) atoms. The highest BCUT2D eigenvalue weighted by Gasteiger charge is 2.47. The summed E-state index contributed by atoms with van der Waals surface area (Å²) in [5.74, 6) is 1.21. The van der Waals surface area contributed by atoms with Crippen molar-refractivity contribution in [2.75, 3.05) is 26.7 Å². The molecule has 1 aromatic heterocycles. The molecule has 3 heterocycles. The van der Waals surface area contributed by atoms with Crippen molar-refractivity contribution in [1.29, 1.82) is 0 Å². The normalized spacial score (nSPS) is 26.6. The third-order valence-electron chi connectivity index (χ3n) is 5.62. The molecule has 0 bridgehead atoms. The molecule has 2 aliphatic heterocycles. The van der Waals surface area contributed by atoms with E-state index in [1.54, 1.807) is 24.5 Å². The number of likely N-dealkylation sites (tertiary alicyclic amines) is 2. The molecule has 2 fully saturated rings. The molecule has 2 saturated heterocycles. The van der Waals surface area contributed by atoms with Crippen molar-refractivity contribution in [2.45, 2.75) is 13.0 Å². The number of pyridine rings is 1. The van der Waals surface area contributed by atoms with E-state index in [0.717, 1.165) is 25.2 Å². The smallest absolute Gasteiger partial charge is 0.253 e. The molecule has 3 atom stereocenters. The second-order valence-corrected chi connectivity index (χ2v) is 7.11. The minimum atomic E-state index is 0.137. The summed E-state index contributed by atoms with van der Waals surface area (Å²) in [6, 6.07) is 12.7. The Morgan fingerprint density at radius 2 is 1.83 bits per heavy atom.